The topological polar surface area (TPSA) is 30.9 Å². The average Bonchev–Trinajstić information content (AvgIpc) is 3.00. The molecule has 2 rings (SSSR count). The highest BCUT2D eigenvalue weighted by Gasteiger charge is 2.25. The van der Waals surface area contributed by atoms with Crippen molar-refractivity contribution in [2.45, 2.75) is 30.5 Å². The van der Waals surface area contributed by atoms with E-state index in [2.05, 4.69) is 4.90 Å². The number of nitrogens with zero attached hydrogens (tertiary/aromatic N) is 1. The molecule has 0 aliphatic carbocycles. The van der Waals surface area contributed by atoms with Crippen LogP contribution in [0.1, 0.15) is 17.5 Å². The van der Waals surface area contributed by atoms with Gasteiger partial charge in [-0.3, -0.25) is 0 Å². The van der Waals surface area contributed by atoms with Crippen LogP contribution in [0.4, 0.5) is 8.78 Å². The molecule has 0 saturated carbocycles. The van der Waals surface area contributed by atoms with Crippen LogP contribution < -0.4 is 9.47 Å². The summed E-state index contributed by atoms with van der Waals surface area (Å²) >= 11 is 0.775. The number of methoxy groups -OCH3 is 3. The number of hydrogen-bond donors (Lipinski definition) is 0. The summed E-state index contributed by atoms with van der Waals surface area (Å²) in [4.78, 5) is 2.23. The van der Waals surface area contributed by atoms with Crippen LogP contribution >= 0.6 is 11.8 Å². The molecule has 0 spiro atoms. The van der Waals surface area contributed by atoms with Crippen LogP contribution in [0.5, 0.6) is 11.5 Å². The average molecular weight is 361 g/mol. The number of hydrogen-bond acceptors (Lipinski definition) is 5. The third kappa shape index (κ3) is 5.22. The molecule has 136 valence electrons. The molecule has 0 bridgehead atoms. The quantitative estimate of drug-likeness (QED) is 0.673. The van der Waals surface area contributed by atoms with Crippen molar-refractivity contribution in [3.8, 4) is 11.5 Å². The fraction of sp³-hybridized carbons (Fsp3) is 0.647. The molecule has 7 heteroatoms. The lowest BCUT2D eigenvalue weighted by molar-refractivity contribution is 0.181. The number of halogens is 2. The smallest absolute Gasteiger partial charge is 0.284 e. The largest absolute Gasteiger partial charge is 0.496 e. The highest BCUT2D eigenvalue weighted by molar-refractivity contribution is 8.00. The number of ether oxygens (including phenoxy) is 3. The molecular formula is C17H25F2NO3S. The highest BCUT2D eigenvalue weighted by Crippen LogP contribution is 2.31. The Morgan fingerprint density at radius 2 is 1.83 bits per heavy atom. The van der Waals surface area contributed by atoms with E-state index in [0.29, 0.717) is 6.61 Å². The molecular weight excluding hydrogens is 336 g/mol. The van der Waals surface area contributed by atoms with Crippen molar-refractivity contribution in [2.75, 3.05) is 41.0 Å². The summed E-state index contributed by atoms with van der Waals surface area (Å²) in [5.41, 5.74) is 1.99. The van der Waals surface area contributed by atoms with Gasteiger partial charge in [-0.2, -0.15) is 8.78 Å². The predicted molar refractivity (Wildman–Crippen MR) is 92.4 cm³/mol. The molecule has 1 saturated heterocycles. The van der Waals surface area contributed by atoms with Gasteiger partial charge in [0.05, 0.1) is 20.8 Å². The van der Waals surface area contributed by atoms with Gasteiger partial charge in [-0.05, 0) is 37.1 Å². The first-order valence-electron chi connectivity index (χ1n) is 7.96. The third-order valence-corrected chi connectivity index (χ3v) is 5.18. The maximum absolute atomic E-state index is 12.5. The minimum Gasteiger partial charge on any atom is -0.496 e. The van der Waals surface area contributed by atoms with Gasteiger partial charge < -0.3 is 19.1 Å². The maximum Gasteiger partial charge on any atom is 0.284 e. The second-order valence-corrected chi connectivity index (χ2v) is 7.06. The molecule has 4 nitrogen and oxygen atoms in total. The molecule has 0 amide bonds. The van der Waals surface area contributed by atoms with Gasteiger partial charge in [-0.15, -0.1) is 0 Å². The van der Waals surface area contributed by atoms with E-state index in [4.69, 9.17) is 14.2 Å². The molecule has 1 fully saturated rings. The van der Waals surface area contributed by atoms with Gasteiger partial charge >= 0.3 is 0 Å². The van der Waals surface area contributed by atoms with Gasteiger partial charge in [-0.25, -0.2) is 0 Å². The standard InChI is InChI=1S/C17H25F2NO3S/c1-21-11-13-9-15(22-2)12(8-16(13)23-3)4-6-20-7-5-14(10-20)24-17(18)19/h8-9,14,17H,4-7,10-11H2,1-3H3. The monoisotopic (exact) mass is 361 g/mol. The van der Waals surface area contributed by atoms with Gasteiger partial charge in [0.15, 0.2) is 0 Å². The Morgan fingerprint density at radius 3 is 2.46 bits per heavy atom. The summed E-state index contributed by atoms with van der Waals surface area (Å²) in [6.45, 7) is 2.86. The summed E-state index contributed by atoms with van der Waals surface area (Å²) in [7, 11) is 4.92. The second kappa shape index (κ2) is 9.44. The van der Waals surface area contributed by atoms with E-state index in [9.17, 15) is 8.78 Å². The Morgan fingerprint density at radius 1 is 1.17 bits per heavy atom. The van der Waals surface area contributed by atoms with E-state index in [1.807, 2.05) is 12.1 Å². The van der Waals surface area contributed by atoms with Crippen LogP contribution in [0, 0.1) is 0 Å². The minimum absolute atomic E-state index is 0.0329. The van der Waals surface area contributed by atoms with Crippen LogP contribution in [-0.4, -0.2) is 56.9 Å². The number of benzene rings is 1. The summed E-state index contributed by atoms with van der Waals surface area (Å²) < 4.78 is 41.0. The lowest BCUT2D eigenvalue weighted by Crippen LogP contribution is -2.24. The van der Waals surface area contributed by atoms with Crippen molar-refractivity contribution in [3.63, 3.8) is 0 Å². The predicted octanol–water partition coefficient (Wildman–Crippen LogP) is 3.42. The highest BCUT2D eigenvalue weighted by atomic mass is 32.2. The van der Waals surface area contributed by atoms with Crippen LogP contribution in [0.2, 0.25) is 0 Å². The van der Waals surface area contributed by atoms with Crippen LogP contribution in [0.25, 0.3) is 0 Å². The van der Waals surface area contributed by atoms with Crippen molar-refractivity contribution in [2.24, 2.45) is 0 Å². The van der Waals surface area contributed by atoms with Crippen LogP contribution in [0.3, 0.4) is 0 Å². The van der Waals surface area contributed by atoms with Crippen LogP contribution in [-0.2, 0) is 17.8 Å². The second-order valence-electron chi connectivity index (χ2n) is 5.77. The molecule has 0 aromatic heterocycles. The number of likely N-dealkylation sites (tertiary alicyclic amines) is 1. The lowest BCUT2D eigenvalue weighted by atomic mass is 10.1. The maximum atomic E-state index is 12.5. The van der Waals surface area contributed by atoms with Crippen molar-refractivity contribution >= 4 is 11.8 Å². The number of rotatable bonds is 9. The Bertz CT molecular complexity index is 531. The Balaban J connectivity index is 1.99. The molecule has 0 N–H and O–H groups in total. The van der Waals surface area contributed by atoms with E-state index >= 15 is 0 Å². The molecule has 1 atom stereocenters. The van der Waals surface area contributed by atoms with Gasteiger partial charge in [-0.1, -0.05) is 11.8 Å². The summed E-state index contributed by atoms with van der Waals surface area (Å²) in [5, 5.41) is 0.0329. The van der Waals surface area contributed by atoms with E-state index in [-0.39, 0.29) is 5.25 Å². The van der Waals surface area contributed by atoms with Crippen molar-refractivity contribution in [1.82, 2.24) is 4.90 Å². The summed E-state index contributed by atoms with van der Waals surface area (Å²) in [6, 6.07) is 3.92. The van der Waals surface area contributed by atoms with Gasteiger partial charge in [0, 0.05) is 31.0 Å². The fourth-order valence-corrected chi connectivity index (χ4v) is 3.85. The normalized spacial score (nSPS) is 18.3. The first kappa shape index (κ1) is 19.3. The van der Waals surface area contributed by atoms with E-state index in [1.54, 1.807) is 21.3 Å². The SMILES string of the molecule is COCc1cc(OC)c(CCN2CCC(SC(F)F)C2)cc1OC. The Hall–Kier alpha value is -1.05. The number of thioether (sulfide) groups is 1. The van der Waals surface area contributed by atoms with Gasteiger partial charge in [0.2, 0.25) is 0 Å². The van der Waals surface area contributed by atoms with E-state index < -0.39 is 5.76 Å². The molecule has 1 aliphatic rings. The minimum atomic E-state index is -2.28. The Kier molecular flexibility index (Phi) is 7.58. The molecule has 1 aliphatic heterocycles. The summed E-state index contributed by atoms with van der Waals surface area (Å²) in [6.07, 6.45) is 1.61. The molecule has 1 heterocycles. The fourth-order valence-electron chi connectivity index (χ4n) is 3.02. The summed E-state index contributed by atoms with van der Waals surface area (Å²) in [5.74, 6) is -0.701. The first-order chi connectivity index (χ1) is 11.6. The van der Waals surface area contributed by atoms with Gasteiger partial charge in [0.25, 0.3) is 5.76 Å². The van der Waals surface area contributed by atoms with Crippen molar-refractivity contribution in [1.29, 1.82) is 0 Å². The molecule has 0 radical (unpaired) electrons. The molecule has 24 heavy (non-hydrogen) atoms. The van der Waals surface area contributed by atoms with Crippen molar-refractivity contribution in [3.05, 3.63) is 23.3 Å². The van der Waals surface area contributed by atoms with Gasteiger partial charge in [0.1, 0.15) is 11.5 Å². The third-order valence-electron chi connectivity index (χ3n) is 4.21. The zero-order valence-electron chi connectivity index (χ0n) is 14.4. The van der Waals surface area contributed by atoms with Crippen molar-refractivity contribution < 1.29 is 23.0 Å². The van der Waals surface area contributed by atoms with Crippen LogP contribution in [0.15, 0.2) is 12.1 Å². The zero-order valence-corrected chi connectivity index (χ0v) is 15.2. The Labute approximate surface area is 146 Å². The van der Waals surface area contributed by atoms with E-state index in [1.165, 1.54) is 0 Å². The lowest BCUT2D eigenvalue weighted by Gasteiger charge is -2.18. The molecule has 1 aromatic carbocycles. The first-order valence-corrected chi connectivity index (χ1v) is 8.90. The molecule has 1 unspecified atom stereocenters. The molecule has 1 aromatic rings. The number of alkyl halides is 2. The van der Waals surface area contributed by atoms with E-state index in [0.717, 1.165) is 66.9 Å². The zero-order chi connectivity index (χ0) is 17.5.